The number of carbonyl (C=O) groups is 7. The van der Waals surface area contributed by atoms with Crippen LogP contribution in [0, 0.1) is 59.7 Å². The van der Waals surface area contributed by atoms with Crippen molar-refractivity contribution in [3.05, 3.63) is 156 Å². The number of hydrogen-bond donors (Lipinski definition) is 0. The molecule has 14 nitrogen and oxygen atoms in total. The van der Waals surface area contributed by atoms with Crippen LogP contribution in [-0.4, -0.2) is 67.4 Å². The summed E-state index contributed by atoms with van der Waals surface area (Å²) in [5, 5.41) is 0. The van der Waals surface area contributed by atoms with E-state index in [-0.39, 0.29) is 54.2 Å². The molecule has 3 saturated carbocycles. The molecule has 14 heteroatoms. The van der Waals surface area contributed by atoms with Crippen LogP contribution in [0.1, 0.15) is 134 Å². The molecule has 0 aromatic heterocycles. The van der Waals surface area contributed by atoms with Crippen LogP contribution in [-0.2, 0) is 52.5 Å². The van der Waals surface area contributed by atoms with Gasteiger partial charge in [-0.3, -0.25) is 19.2 Å². The van der Waals surface area contributed by atoms with Gasteiger partial charge in [0.25, 0.3) is 0 Å². The molecule has 3 aliphatic rings. The van der Waals surface area contributed by atoms with E-state index in [1.54, 1.807) is 36.4 Å². The van der Waals surface area contributed by atoms with Crippen molar-refractivity contribution in [3.8, 4) is 47.5 Å². The van der Waals surface area contributed by atoms with Gasteiger partial charge in [-0.15, -0.1) is 6.42 Å². The van der Waals surface area contributed by atoms with Gasteiger partial charge in [0.05, 0.1) is 42.4 Å². The molecule has 0 aliphatic heterocycles. The summed E-state index contributed by atoms with van der Waals surface area (Å²) in [5.41, 5.74) is 3.31. The van der Waals surface area contributed by atoms with Gasteiger partial charge >= 0.3 is 41.8 Å². The SMILES string of the molecule is C#Cc1ccc(C#Cc2ccc(C#CC3(OC(=O)c4ccc(OC(=O)C5CCC(C(=O)OCCCCOC(=O)C=C)CC5)cc4)CCC(c4ccc(OC(=O)C5CCC(C(=O)OCOC(=O)C=C)CC5)cc4)CC3)cc2)cc1. The Balaban J connectivity index is 0.936. The third-order valence-electron chi connectivity index (χ3n) is 14.2. The van der Waals surface area contributed by atoms with Crippen molar-refractivity contribution < 1.29 is 66.7 Å². The fraction of sp³-hybridized carbons (Fsp3) is 0.359. The van der Waals surface area contributed by atoms with E-state index in [1.165, 1.54) is 0 Å². The molecule has 4 aromatic rings. The Hall–Kier alpha value is -8.67. The number of carbonyl (C=O) groups excluding carboxylic acids is 7. The summed E-state index contributed by atoms with van der Waals surface area (Å²) in [6.45, 7) is 6.61. The van der Waals surface area contributed by atoms with Crippen molar-refractivity contribution in [2.45, 2.75) is 101 Å². The zero-order valence-corrected chi connectivity index (χ0v) is 43.5. The maximum absolute atomic E-state index is 14.0. The molecule has 402 valence electrons. The zero-order valence-electron chi connectivity index (χ0n) is 43.5. The highest BCUT2D eigenvalue weighted by atomic mass is 16.7. The first-order valence-electron chi connectivity index (χ1n) is 26.3. The first-order chi connectivity index (χ1) is 37.8. The van der Waals surface area contributed by atoms with Crippen LogP contribution >= 0.6 is 0 Å². The lowest BCUT2D eigenvalue weighted by molar-refractivity contribution is -0.169. The van der Waals surface area contributed by atoms with Crippen molar-refractivity contribution in [3.63, 3.8) is 0 Å². The Morgan fingerprint density at radius 2 is 0.923 bits per heavy atom. The fourth-order valence-electron chi connectivity index (χ4n) is 9.57. The summed E-state index contributed by atoms with van der Waals surface area (Å²) >= 11 is 0. The molecule has 78 heavy (non-hydrogen) atoms. The molecule has 3 aliphatic carbocycles. The van der Waals surface area contributed by atoms with Gasteiger partial charge in [-0.1, -0.05) is 49.0 Å². The van der Waals surface area contributed by atoms with E-state index in [0.717, 1.165) is 40.0 Å². The van der Waals surface area contributed by atoms with Crippen LogP contribution in [0.4, 0.5) is 0 Å². The molecule has 0 N–H and O–H groups in total. The minimum atomic E-state index is -1.13. The third kappa shape index (κ3) is 16.9. The van der Waals surface area contributed by atoms with Gasteiger partial charge in [0, 0.05) is 34.4 Å². The van der Waals surface area contributed by atoms with Gasteiger partial charge in [-0.25, -0.2) is 14.4 Å². The van der Waals surface area contributed by atoms with E-state index >= 15 is 0 Å². The third-order valence-corrected chi connectivity index (χ3v) is 14.2. The average molecular weight is 1060 g/mol. The smallest absolute Gasteiger partial charge is 0.339 e. The van der Waals surface area contributed by atoms with Gasteiger partial charge in [-0.05, 0) is 192 Å². The number of hydrogen-bond acceptors (Lipinski definition) is 14. The van der Waals surface area contributed by atoms with E-state index in [1.807, 2.05) is 60.7 Å². The normalized spacial score (nSPS) is 20.4. The molecular formula is C64H62O14. The van der Waals surface area contributed by atoms with E-state index in [9.17, 15) is 33.6 Å². The number of esters is 7. The average Bonchev–Trinajstić information content (AvgIpc) is 3.50. The fourth-order valence-corrected chi connectivity index (χ4v) is 9.57. The molecule has 7 rings (SSSR count). The highest BCUT2D eigenvalue weighted by Crippen LogP contribution is 2.41. The predicted molar refractivity (Wildman–Crippen MR) is 287 cm³/mol. The van der Waals surface area contributed by atoms with Crippen LogP contribution in [0.5, 0.6) is 11.5 Å². The van der Waals surface area contributed by atoms with Gasteiger partial charge < -0.3 is 33.2 Å². The van der Waals surface area contributed by atoms with Gasteiger partial charge in [0.15, 0.2) is 5.60 Å². The van der Waals surface area contributed by atoms with E-state index in [4.69, 9.17) is 39.6 Å². The standard InChI is InChI=1S/C64H62O14/c1-4-44-9-11-45(12-10-44)13-14-46-15-17-47(18-16-46)35-38-64(39-36-49(37-40-64)48-27-31-55(32-28-48)76-61(69)53-25-21-51(22-26-53)60(68)75-43-74-58(66)6-3)78-63(71)54-29-33-56(34-30-54)77-62(70)52-23-19-50(20-24-52)59(67)73-42-8-7-41-72-57(65)5-2/h1,5-6,9-12,15-18,27-34,49-53H,2-3,7-8,19-26,36-37,39-43H2. The second kappa shape index (κ2) is 28.5. The summed E-state index contributed by atoms with van der Waals surface area (Å²) < 4.78 is 38.0. The highest BCUT2D eigenvalue weighted by molar-refractivity contribution is 5.90. The zero-order chi connectivity index (χ0) is 55.3. The van der Waals surface area contributed by atoms with Crippen molar-refractivity contribution in [2.24, 2.45) is 23.7 Å². The number of rotatable bonds is 18. The van der Waals surface area contributed by atoms with Crippen LogP contribution in [0.25, 0.3) is 0 Å². The van der Waals surface area contributed by atoms with Crippen LogP contribution in [0.15, 0.2) is 122 Å². The predicted octanol–water partition coefficient (Wildman–Crippen LogP) is 10.1. The topological polar surface area (TPSA) is 184 Å². The quantitative estimate of drug-likeness (QED) is 0.0174. The first-order valence-corrected chi connectivity index (χ1v) is 26.3. The molecule has 0 unspecified atom stereocenters. The molecule has 0 radical (unpaired) electrons. The van der Waals surface area contributed by atoms with Crippen molar-refractivity contribution in [2.75, 3.05) is 20.0 Å². The number of ether oxygens (including phenoxy) is 7. The van der Waals surface area contributed by atoms with Crippen LogP contribution in [0.3, 0.4) is 0 Å². The number of unbranched alkanes of at least 4 members (excludes halogenated alkanes) is 1. The number of benzene rings is 4. The Kier molecular flexibility index (Phi) is 20.8. The molecular weight excluding hydrogens is 993 g/mol. The molecule has 0 amide bonds. The van der Waals surface area contributed by atoms with Crippen molar-refractivity contribution in [1.29, 1.82) is 0 Å². The lowest BCUT2D eigenvalue weighted by Gasteiger charge is -2.36. The summed E-state index contributed by atoms with van der Waals surface area (Å²) in [6, 6.07) is 28.6. The monoisotopic (exact) mass is 1050 g/mol. The van der Waals surface area contributed by atoms with Crippen LogP contribution in [0.2, 0.25) is 0 Å². The second-order valence-corrected chi connectivity index (χ2v) is 19.5. The summed E-state index contributed by atoms with van der Waals surface area (Å²) in [7, 11) is 0. The molecule has 0 atom stereocenters. The Morgan fingerprint density at radius 3 is 1.41 bits per heavy atom. The maximum Gasteiger partial charge on any atom is 0.339 e. The summed E-state index contributed by atoms with van der Waals surface area (Å²) in [5.74, 6) is 11.5. The first kappa shape index (κ1) is 57.0. The van der Waals surface area contributed by atoms with Crippen LogP contribution < -0.4 is 9.47 Å². The minimum absolute atomic E-state index is 0.107. The minimum Gasteiger partial charge on any atom is -0.465 e. The van der Waals surface area contributed by atoms with Gasteiger partial charge in [-0.2, -0.15) is 0 Å². The molecule has 4 aromatic carbocycles. The second-order valence-electron chi connectivity index (χ2n) is 19.5. The van der Waals surface area contributed by atoms with Gasteiger partial charge in [0.1, 0.15) is 11.5 Å². The van der Waals surface area contributed by atoms with E-state index in [2.05, 4.69) is 42.8 Å². The Labute approximate surface area is 455 Å². The summed E-state index contributed by atoms with van der Waals surface area (Å²) in [4.78, 5) is 87.8. The summed E-state index contributed by atoms with van der Waals surface area (Å²) in [6.07, 6.45) is 14.6. The lowest BCUT2D eigenvalue weighted by Crippen LogP contribution is -2.37. The maximum atomic E-state index is 14.0. The van der Waals surface area contributed by atoms with Gasteiger partial charge in [0.2, 0.25) is 6.79 Å². The number of terminal acetylenes is 1. The van der Waals surface area contributed by atoms with Crippen molar-refractivity contribution in [1.82, 2.24) is 0 Å². The molecule has 0 heterocycles. The molecule has 0 bridgehead atoms. The Bertz CT molecular complexity index is 2950. The highest BCUT2D eigenvalue weighted by Gasteiger charge is 2.39. The largest absolute Gasteiger partial charge is 0.465 e. The van der Waals surface area contributed by atoms with Crippen molar-refractivity contribution >= 4 is 41.8 Å². The molecule has 3 fully saturated rings. The lowest BCUT2D eigenvalue weighted by atomic mass is 9.76. The molecule has 0 saturated heterocycles. The van der Waals surface area contributed by atoms with E-state index in [0.29, 0.717) is 95.6 Å². The Morgan fingerprint density at radius 1 is 0.500 bits per heavy atom. The molecule has 0 spiro atoms. The van der Waals surface area contributed by atoms with E-state index < -0.39 is 54.1 Å².